The van der Waals surface area contributed by atoms with Gasteiger partial charge in [0.1, 0.15) is 0 Å². The van der Waals surface area contributed by atoms with Gasteiger partial charge in [-0.25, -0.2) is 0 Å². The van der Waals surface area contributed by atoms with Crippen LogP contribution in [0.3, 0.4) is 0 Å². The second-order valence-corrected chi connectivity index (χ2v) is 9.13. The standard InChI is InChI=1S/C31H25N/c1-31(2)26-14-7-5-13-25(26)30-27(31)15-9-17-29(30)32-28-16-8-6-12-24(28)23-19-18-21-10-3-4-11-22(21)20-23/h3-20,32H,1-2H3. The fourth-order valence-electron chi connectivity index (χ4n) is 5.20. The predicted molar refractivity (Wildman–Crippen MR) is 137 cm³/mol. The molecule has 0 fully saturated rings. The van der Waals surface area contributed by atoms with Gasteiger partial charge in [-0.05, 0) is 51.2 Å². The number of nitrogens with one attached hydrogen (secondary N) is 1. The van der Waals surface area contributed by atoms with Crippen LogP contribution in [0.2, 0.25) is 0 Å². The van der Waals surface area contributed by atoms with Crippen LogP contribution in [0.5, 0.6) is 0 Å². The Morgan fingerprint density at radius 1 is 0.531 bits per heavy atom. The quantitative estimate of drug-likeness (QED) is 0.313. The van der Waals surface area contributed by atoms with Crippen LogP contribution in [0, 0.1) is 0 Å². The van der Waals surface area contributed by atoms with Crippen molar-refractivity contribution >= 4 is 22.1 Å². The molecule has 0 saturated heterocycles. The molecule has 0 amide bonds. The lowest BCUT2D eigenvalue weighted by atomic mass is 9.82. The molecule has 1 aliphatic rings. The van der Waals surface area contributed by atoms with Crippen molar-refractivity contribution < 1.29 is 0 Å². The first kappa shape index (κ1) is 18.9. The van der Waals surface area contributed by atoms with Crippen LogP contribution in [-0.4, -0.2) is 0 Å². The Kier molecular flexibility index (Phi) is 4.19. The zero-order valence-corrected chi connectivity index (χ0v) is 18.4. The SMILES string of the molecule is CC1(C)c2ccccc2-c2c(Nc3ccccc3-c3ccc4ccccc4c3)cccc21. The molecule has 5 aromatic carbocycles. The Hall–Kier alpha value is -3.84. The van der Waals surface area contributed by atoms with Crippen molar-refractivity contribution in [3.8, 4) is 22.3 Å². The molecule has 0 heterocycles. The summed E-state index contributed by atoms with van der Waals surface area (Å²) in [6.07, 6.45) is 0. The Balaban J connectivity index is 1.48. The van der Waals surface area contributed by atoms with Gasteiger partial charge in [0.25, 0.3) is 0 Å². The van der Waals surface area contributed by atoms with E-state index >= 15 is 0 Å². The summed E-state index contributed by atoms with van der Waals surface area (Å²) >= 11 is 0. The van der Waals surface area contributed by atoms with Crippen molar-refractivity contribution in [1.29, 1.82) is 0 Å². The summed E-state index contributed by atoms with van der Waals surface area (Å²) in [7, 11) is 0. The number of hydrogen-bond acceptors (Lipinski definition) is 1. The van der Waals surface area contributed by atoms with Crippen LogP contribution in [-0.2, 0) is 5.41 Å². The molecule has 0 bridgehead atoms. The van der Waals surface area contributed by atoms with Crippen molar-refractivity contribution in [3.63, 3.8) is 0 Å². The van der Waals surface area contributed by atoms with E-state index in [1.807, 2.05) is 0 Å². The van der Waals surface area contributed by atoms with Gasteiger partial charge in [-0.3, -0.25) is 0 Å². The minimum atomic E-state index is 0.00147. The molecule has 1 nitrogen and oxygen atoms in total. The van der Waals surface area contributed by atoms with Crippen molar-refractivity contribution in [3.05, 3.63) is 120 Å². The van der Waals surface area contributed by atoms with E-state index in [0.29, 0.717) is 0 Å². The number of rotatable bonds is 3. The monoisotopic (exact) mass is 411 g/mol. The summed E-state index contributed by atoms with van der Waals surface area (Å²) in [5, 5.41) is 6.32. The predicted octanol–water partition coefficient (Wildman–Crippen LogP) is 8.56. The van der Waals surface area contributed by atoms with Crippen LogP contribution < -0.4 is 5.32 Å². The third-order valence-electron chi connectivity index (χ3n) is 6.86. The lowest BCUT2D eigenvalue weighted by molar-refractivity contribution is 0.660. The van der Waals surface area contributed by atoms with Crippen LogP contribution in [0.1, 0.15) is 25.0 Å². The van der Waals surface area contributed by atoms with Gasteiger partial charge in [-0.15, -0.1) is 0 Å². The zero-order chi connectivity index (χ0) is 21.7. The summed E-state index contributed by atoms with van der Waals surface area (Å²) in [5.41, 5.74) is 10.1. The Labute approximate surface area is 189 Å². The molecule has 1 N–H and O–H groups in total. The van der Waals surface area contributed by atoms with E-state index in [0.717, 1.165) is 11.4 Å². The molecule has 6 rings (SSSR count). The number of benzene rings is 5. The van der Waals surface area contributed by atoms with E-state index in [2.05, 4.69) is 128 Å². The Morgan fingerprint density at radius 3 is 2.06 bits per heavy atom. The lowest BCUT2D eigenvalue weighted by Gasteiger charge is -2.22. The van der Waals surface area contributed by atoms with Crippen molar-refractivity contribution in [2.75, 3.05) is 5.32 Å². The van der Waals surface area contributed by atoms with Crippen molar-refractivity contribution in [2.24, 2.45) is 0 Å². The van der Waals surface area contributed by atoms with Crippen LogP contribution in [0.4, 0.5) is 11.4 Å². The van der Waals surface area contributed by atoms with Gasteiger partial charge in [-0.2, -0.15) is 0 Å². The minimum absolute atomic E-state index is 0.00147. The number of hydrogen-bond donors (Lipinski definition) is 1. The highest BCUT2D eigenvalue weighted by Gasteiger charge is 2.36. The summed E-state index contributed by atoms with van der Waals surface area (Å²) in [6.45, 7) is 4.65. The molecule has 1 heteroatoms. The maximum Gasteiger partial charge on any atom is 0.0467 e. The molecule has 0 unspecified atom stereocenters. The molecule has 0 radical (unpaired) electrons. The summed E-state index contributed by atoms with van der Waals surface area (Å²) in [6, 6.07) is 39.3. The van der Waals surface area contributed by atoms with Gasteiger partial charge in [0.2, 0.25) is 0 Å². The molecule has 0 aliphatic heterocycles. The van der Waals surface area contributed by atoms with Gasteiger partial charge < -0.3 is 5.32 Å². The van der Waals surface area contributed by atoms with Crippen molar-refractivity contribution in [1.82, 2.24) is 0 Å². The first-order chi connectivity index (χ1) is 15.6. The highest BCUT2D eigenvalue weighted by Crippen LogP contribution is 2.51. The molecule has 1 aliphatic carbocycles. The first-order valence-electron chi connectivity index (χ1n) is 11.2. The van der Waals surface area contributed by atoms with Crippen LogP contribution >= 0.6 is 0 Å². The minimum Gasteiger partial charge on any atom is -0.355 e. The van der Waals surface area contributed by atoms with Crippen LogP contribution in [0.15, 0.2) is 109 Å². The molecule has 0 aromatic heterocycles. The highest BCUT2D eigenvalue weighted by atomic mass is 14.9. The Bertz CT molecular complexity index is 1480. The fourth-order valence-corrected chi connectivity index (χ4v) is 5.20. The summed E-state index contributed by atoms with van der Waals surface area (Å²) in [4.78, 5) is 0. The van der Waals surface area contributed by atoms with E-state index in [1.165, 1.54) is 44.2 Å². The third kappa shape index (κ3) is 2.85. The number of anilines is 2. The van der Waals surface area contributed by atoms with Gasteiger partial charge in [-0.1, -0.05) is 105 Å². The smallest absolute Gasteiger partial charge is 0.0467 e. The average molecular weight is 412 g/mol. The molecule has 154 valence electrons. The zero-order valence-electron chi connectivity index (χ0n) is 18.4. The maximum absolute atomic E-state index is 3.80. The van der Waals surface area contributed by atoms with E-state index in [-0.39, 0.29) is 5.41 Å². The highest BCUT2D eigenvalue weighted by molar-refractivity contribution is 5.94. The summed E-state index contributed by atoms with van der Waals surface area (Å²) in [5.74, 6) is 0. The fraction of sp³-hybridized carbons (Fsp3) is 0.0968. The van der Waals surface area contributed by atoms with Gasteiger partial charge in [0, 0.05) is 27.9 Å². The normalized spacial score (nSPS) is 13.6. The van der Waals surface area contributed by atoms with E-state index in [9.17, 15) is 0 Å². The molecule has 5 aromatic rings. The second-order valence-electron chi connectivity index (χ2n) is 9.13. The molecular formula is C31H25N. The second kappa shape index (κ2) is 7.10. The van der Waals surface area contributed by atoms with E-state index in [4.69, 9.17) is 0 Å². The number of fused-ring (bicyclic) bond motifs is 4. The summed E-state index contributed by atoms with van der Waals surface area (Å²) < 4.78 is 0. The first-order valence-corrected chi connectivity index (χ1v) is 11.2. The van der Waals surface area contributed by atoms with E-state index in [1.54, 1.807) is 0 Å². The topological polar surface area (TPSA) is 12.0 Å². The molecular weight excluding hydrogens is 386 g/mol. The Morgan fingerprint density at radius 2 is 1.19 bits per heavy atom. The third-order valence-corrected chi connectivity index (χ3v) is 6.86. The largest absolute Gasteiger partial charge is 0.355 e. The maximum atomic E-state index is 3.80. The lowest BCUT2D eigenvalue weighted by Crippen LogP contribution is -2.14. The molecule has 0 atom stereocenters. The van der Waals surface area contributed by atoms with Gasteiger partial charge in [0.05, 0.1) is 0 Å². The molecule has 0 spiro atoms. The number of para-hydroxylation sites is 1. The van der Waals surface area contributed by atoms with Crippen molar-refractivity contribution in [2.45, 2.75) is 19.3 Å². The van der Waals surface area contributed by atoms with Crippen LogP contribution in [0.25, 0.3) is 33.0 Å². The van der Waals surface area contributed by atoms with Gasteiger partial charge in [0.15, 0.2) is 0 Å². The molecule has 0 saturated carbocycles. The van der Waals surface area contributed by atoms with Gasteiger partial charge >= 0.3 is 0 Å². The van der Waals surface area contributed by atoms with E-state index < -0.39 is 0 Å². The molecule has 32 heavy (non-hydrogen) atoms. The average Bonchev–Trinajstić information content (AvgIpc) is 3.07.